The highest BCUT2D eigenvalue weighted by Gasteiger charge is 2.19. The lowest BCUT2D eigenvalue weighted by molar-refractivity contribution is 0.582. The van der Waals surface area contributed by atoms with Crippen LogP contribution in [0.25, 0.3) is 62.3 Å². The maximum atomic E-state index is 15.1. The highest BCUT2D eigenvalue weighted by atomic mass is 32.1. The zero-order valence-corrected chi connectivity index (χ0v) is 27.4. The fourth-order valence-electron chi connectivity index (χ4n) is 5.13. The molecule has 44 heavy (non-hydrogen) atoms. The molecule has 5 aromatic heterocycles. The van der Waals surface area contributed by atoms with Crippen molar-refractivity contribution in [1.82, 2.24) is 13.7 Å². The van der Waals surface area contributed by atoms with Crippen LogP contribution in [-0.2, 0) is 6.42 Å². The lowest BCUT2D eigenvalue weighted by Crippen LogP contribution is -2.07. The topological polar surface area (TPSA) is 65.7 Å². The number of halogens is 1. The fraction of sp³-hybridized carbons (Fsp3) is 0.176. The van der Waals surface area contributed by atoms with Crippen LogP contribution in [0.15, 0.2) is 72.9 Å². The smallest absolute Gasteiger partial charge is 0.183 e. The van der Waals surface area contributed by atoms with E-state index in [-0.39, 0.29) is 5.82 Å². The summed E-state index contributed by atoms with van der Waals surface area (Å²) in [6.45, 7) is 4.38. The van der Waals surface area contributed by atoms with Gasteiger partial charge in [-0.2, -0.15) is 14.0 Å². The van der Waals surface area contributed by atoms with E-state index in [2.05, 4.69) is 59.1 Å². The zero-order chi connectivity index (χ0) is 30.4. The Balaban J connectivity index is 1.16. The summed E-state index contributed by atoms with van der Waals surface area (Å²) in [6.07, 6.45) is 5.98. The van der Waals surface area contributed by atoms with Crippen LogP contribution in [0.5, 0.6) is 0 Å². The molecule has 0 aliphatic heterocycles. The molecule has 7 rings (SSSR count). The molecule has 0 aliphatic carbocycles. The first kappa shape index (κ1) is 28.7. The lowest BCUT2D eigenvalue weighted by Gasteiger charge is -2.08. The number of hydrogen-bond acceptors (Lipinski definition) is 9. The summed E-state index contributed by atoms with van der Waals surface area (Å²) in [5, 5.41) is 9.14. The van der Waals surface area contributed by atoms with Gasteiger partial charge in [0.1, 0.15) is 22.5 Å². The van der Waals surface area contributed by atoms with E-state index in [1.807, 2.05) is 36.5 Å². The first-order chi connectivity index (χ1) is 21.4. The fourth-order valence-corrected chi connectivity index (χ4v) is 9.14. The third kappa shape index (κ3) is 5.41. The van der Waals surface area contributed by atoms with Gasteiger partial charge in [0.25, 0.3) is 0 Å². The van der Waals surface area contributed by atoms with Crippen LogP contribution in [0.4, 0.5) is 10.1 Å². The summed E-state index contributed by atoms with van der Waals surface area (Å²) >= 11 is 6.15. The summed E-state index contributed by atoms with van der Waals surface area (Å²) in [4.78, 5) is 10.6. The van der Waals surface area contributed by atoms with Gasteiger partial charge in [-0.1, -0.05) is 38.1 Å². The molecule has 0 N–H and O–H groups in total. The van der Waals surface area contributed by atoms with Crippen molar-refractivity contribution >= 4 is 71.9 Å². The van der Waals surface area contributed by atoms with Crippen LogP contribution in [0, 0.1) is 23.2 Å². The molecule has 5 nitrogen and oxygen atoms in total. The summed E-state index contributed by atoms with van der Waals surface area (Å²) in [6, 6.07) is 22.1. The van der Waals surface area contributed by atoms with Crippen molar-refractivity contribution in [1.29, 1.82) is 5.26 Å². The Morgan fingerprint density at radius 1 is 0.818 bits per heavy atom. The van der Waals surface area contributed by atoms with Crippen LogP contribution in [0.2, 0.25) is 0 Å². The van der Waals surface area contributed by atoms with Gasteiger partial charge >= 0.3 is 0 Å². The third-order valence-electron chi connectivity index (χ3n) is 7.60. The zero-order valence-electron chi connectivity index (χ0n) is 24.2. The number of nitrogens with zero attached hydrogens (tertiary/aromatic N) is 5. The average molecular weight is 652 g/mol. The number of anilines is 1. The molecule has 0 bridgehead atoms. The summed E-state index contributed by atoms with van der Waals surface area (Å²) in [7, 11) is 1.74. The van der Waals surface area contributed by atoms with E-state index in [9.17, 15) is 0 Å². The quantitative estimate of drug-likeness (QED) is 0.121. The van der Waals surface area contributed by atoms with Crippen molar-refractivity contribution in [3.63, 3.8) is 0 Å². The minimum absolute atomic E-state index is 0.157. The van der Waals surface area contributed by atoms with E-state index in [0.29, 0.717) is 11.5 Å². The normalized spacial score (nSPS) is 11.5. The Kier molecular flexibility index (Phi) is 7.72. The molecule has 0 radical (unpaired) electrons. The molecule has 0 saturated carbocycles. The van der Waals surface area contributed by atoms with Crippen LogP contribution >= 0.6 is 45.7 Å². The number of rotatable bonds is 8. The van der Waals surface area contributed by atoms with E-state index >= 15 is 4.39 Å². The molecule has 0 spiro atoms. The SMILES string of the molecule is CC(C)CCc1ccc(-c2cc3sc(-c4cnc(-c5ccc(-c6ccc(N(C)C#N)cc6)s5)c5nsnc45)cc3s2)c(F)c1. The Labute approximate surface area is 270 Å². The number of nitriles is 1. The molecule has 10 heteroatoms. The summed E-state index contributed by atoms with van der Waals surface area (Å²) < 4.78 is 26.6. The van der Waals surface area contributed by atoms with Crippen molar-refractivity contribution in [3.8, 4) is 48.1 Å². The Bertz CT molecular complexity index is 2130. The van der Waals surface area contributed by atoms with Gasteiger partial charge in [-0.25, -0.2) is 4.39 Å². The Morgan fingerprint density at radius 2 is 1.52 bits per heavy atom. The number of fused-ring (bicyclic) bond motifs is 2. The number of pyridine rings is 1. The van der Waals surface area contributed by atoms with Crippen molar-refractivity contribution in [3.05, 3.63) is 84.3 Å². The van der Waals surface area contributed by atoms with E-state index in [4.69, 9.17) is 10.2 Å². The van der Waals surface area contributed by atoms with E-state index < -0.39 is 0 Å². The monoisotopic (exact) mass is 651 g/mol. The number of aryl methyl sites for hydroxylation is 1. The van der Waals surface area contributed by atoms with Gasteiger partial charge in [-0.05, 0) is 72.4 Å². The predicted molar refractivity (Wildman–Crippen MR) is 185 cm³/mol. The number of aromatic nitrogens is 3. The third-order valence-corrected chi connectivity index (χ3v) is 11.6. The average Bonchev–Trinajstić information content (AvgIpc) is 3.83. The van der Waals surface area contributed by atoms with Crippen molar-refractivity contribution in [2.75, 3.05) is 11.9 Å². The van der Waals surface area contributed by atoms with Crippen LogP contribution in [-0.4, -0.2) is 20.8 Å². The molecule has 0 saturated heterocycles. The second-order valence-corrected chi connectivity index (χ2v) is 14.8. The molecule has 0 fully saturated rings. The van der Waals surface area contributed by atoms with E-state index in [1.54, 1.807) is 47.1 Å². The molecule has 218 valence electrons. The molecule has 2 aromatic carbocycles. The first-order valence-corrected chi connectivity index (χ1v) is 17.3. The van der Waals surface area contributed by atoms with Gasteiger partial charge in [-0.3, -0.25) is 9.88 Å². The highest BCUT2D eigenvalue weighted by molar-refractivity contribution is 7.31. The van der Waals surface area contributed by atoms with Gasteiger partial charge in [0, 0.05) is 48.4 Å². The van der Waals surface area contributed by atoms with Crippen molar-refractivity contribution in [2.45, 2.75) is 26.7 Å². The molecule has 0 atom stereocenters. The molecule has 0 amide bonds. The first-order valence-electron chi connectivity index (χ1n) is 14.2. The van der Waals surface area contributed by atoms with E-state index in [0.717, 1.165) is 80.9 Å². The van der Waals surface area contributed by atoms with Gasteiger partial charge in [0.05, 0.1) is 22.3 Å². The van der Waals surface area contributed by atoms with Crippen LogP contribution in [0.3, 0.4) is 0 Å². The summed E-state index contributed by atoms with van der Waals surface area (Å²) in [5.41, 5.74) is 7.06. The second kappa shape index (κ2) is 11.8. The molecule has 5 heterocycles. The second-order valence-electron chi connectivity index (χ2n) is 11.0. The molecular weight excluding hydrogens is 626 g/mol. The number of hydrogen-bond donors (Lipinski definition) is 0. The van der Waals surface area contributed by atoms with Gasteiger partial charge in [-0.15, -0.1) is 34.0 Å². The van der Waals surface area contributed by atoms with Crippen molar-refractivity contribution in [2.24, 2.45) is 5.92 Å². The molecular formula is C34H26FN5S4. The predicted octanol–water partition coefficient (Wildman–Crippen LogP) is 10.7. The van der Waals surface area contributed by atoms with Gasteiger partial charge in [0.2, 0.25) is 0 Å². The maximum Gasteiger partial charge on any atom is 0.183 e. The number of benzene rings is 2. The van der Waals surface area contributed by atoms with Crippen molar-refractivity contribution < 1.29 is 4.39 Å². The van der Waals surface area contributed by atoms with Gasteiger partial charge in [0.15, 0.2) is 6.19 Å². The minimum atomic E-state index is -0.157. The van der Waals surface area contributed by atoms with Crippen LogP contribution in [0.1, 0.15) is 25.8 Å². The minimum Gasteiger partial charge on any atom is -0.283 e. The summed E-state index contributed by atoms with van der Waals surface area (Å²) in [5.74, 6) is 0.441. The largest absolute Gasteiger partial charge is 0.283 e. The van der Waals surface area contributed by atoms with Gasteiger partial charge < -0.3 is 0 Å². The van der Waals surface area contributed by atoms with Crippen LogP contribution < -0.4 is 4.90 Å². The molecule has 0 aliphatic rings. The highest BCUT2D eigenvalue weighted by Crippen LogP contribution is 2.45. The molecule has 7 aromatic rings. The number of thiophene rings is 3. The maximum absolute atomic E-state index is 15.1. The lowest BCUT2D eigenvalue weighted by atomic mass is 10.0. The Hall–Kier alpha value is -4.01. The standard InChI is InChI=1S/C34H26FN5S4/c1-19(2)4-5-20-6-11-23(25(35)14-20)28-15-30-31(42-28)16-29(43-30)24-17-37-33(34-32(24)38-44-39-34)27-13-12-26(41-27)21-7-9-22(10-8-21)40(3)18-36/h6-17,19H,4-5H2,1-3H3. The van der Waals surface area contributed by atoms with E-state index in [1.165, 1.54) is 16.6 Å². The Morgan fingerprint density at radius 3 is 2.23 bits per heavy atom. The molecule has 0 unspecified atom stereocenters.